The second kappa shape index (κ2) is 5.37. The molecule has 0 fully saturated rings. The number of rotatable bonds is 4. The first-order valence-corrected chi connectivity index (χ1v) is 4.36. The van der Waals surface area contributed by atoms with Gasteiger partial charge < -0.3 is 5.32 Å². The first-order valence-electron chi connectivity index (χ1n) is 4.36. The molecule has 0 saturated carbocycles. The molecule has 5 heteroatoms. The Morgan fingerprint density at radius 3 is 2.47 bits per heavy atom. The molecule has 0 aliphatic heterocycles. The Morgan fingerprint density at radius 1 is 1.13 bits per heavy atom. The molecule has 0 saturated heterocycles. The summed E-state index contributed by atoms with van der Waals surface area (Å²) in [7, 11) is 0. The van der Waals surface area contributed by atoms with Crippen molar-refractivity contribution in [2.24, 2.45) is 0 Å². The molecule has 0 heterocycles. The molecule has 0 spiro atoms. The highest BCUT2D eigenvalue weighted by Gasteiger charge is 2.08. The van der Waals surface area contributed by atoms with E-state index in [2.05, 4.69) is 5.32 Å². The van der Waals surface area contributed by atoms with E-state index in [0.29, 0.717) is 12.6 Å². The Hall–Kier alpha value is -1.54. The lowest BCUT2D eigenvalue weighted by molar-refractivity contribution is 0.487. The molecule has 0 aliphatic rings. The molecule has 0 bridgehead atoms. The van der Waals surface area contributed by atoms with Gasteiger partial charge >= 0.3 is 0 Å². The van der Waals surface area contributed by atoms with Gasteiger partial charge in [0.25, 0.3) is 0 Å². The molecule has 0 radical (unpaired) electrons. The molecule has 1 rings (SSSR count). The van der Waals surface area contributed by atoms with Crippen LogP contribution in [0.5, 0.6) is 0 Å². The van der Waals surface area contributed by atoms with E-state index in [-0.39, 0.29) is 18.5 Å². The molecule has 0 atom stereocenters. The molecule has 1 aromatic rings. The fourth-order valence-corrected chi connectivity index (χ4v) is 1.07. The van der Waals surface area contributed by atoms with Crippen LogP contribution in [0, 0.1) is 28.8 Å². The maximum Gasteiger partial charge on any atom is 0.161 e. The smallest absolute Gasteiger partial charge is 0.161 e. The van der Waals surface area contributed by atoms with Gasteiger partial charge in [0, 0.05) is 31.1 Å². The first kappa shape index (κ1) is 11.5. The van der Waals surface area contributed by atoms with Crippen LogP contribution in [0.3, 0.4) is 0 Å². The van der Waals surface area contributed by atoms with Crippen LogP contribution >= 0.6 is 0 Å². The summed E-state index contributed by atoms with van der Waals surface area (Å²) in [4.78, 5) is 0. The molecule has 80 valence electrons. The van der Waals surface area contributed by atoms with E-state index in [4.69, 9.17) is 5.26 Å². The summed E-state index contributed by atoms with van der Waals surface area (Å²) in [5.41, 5.74) is 0.0480. The third kappa shape index (κ3) is 3.26. The van der Waals surface area contributed by atoms with Crippen molar-refractivity contribution in [1.82, 2.24) is 5.32 Å². The van der Waals surface area contributed by atoms with Crippen molar-refractivity contribution in [3.8, 4) is 6.07 Å². The molecule has 0 aliphatic carbocycles. The zero-order chi connectivity index (χ0) is 11.3. The van der Waals surface area contributed by atoms with Crippen molar-refractivity contribution in [3.63, 3.8) is 0 Å². The maximum absolute atomic E-state index is 13.0. The third-order valence-corrected chi connectivity index (χ3v) is 1.82. The topological polar surface area (TPSA) is 35.8 Å². The van der Waals surface area contributed by atoms with E-state index >= 15 is 0 Å². The molecule has 0 unspecified atom stereocenters. The SMILES string of the molecule is N#CCCNCc1cc(F)c(F)cc1F. The van der Waals surface area contributed by atoms with Gasteiger partial charge in [-0.1, -0.05) is 0 Å². The summed E-state index contributed by atoms with van der Waals surface area (Å²) in [6.07, 6.45) is 0.283. The van der Waals surface area contributed by atoms with Crippen LogP contribution in [0.4, 0.5) is 13.2 Å². The molecule has 2 nitrogen and oxygen atoms in total. The lowest BCUT2D eigenvalue weighted by atomic mass is 10.2. The number of benzene rings is 1. The molecule has 15 heavy (non-hydrogen) atoms. The van der Waals surface area contributed by atoms with Crippen LogP contribution < -0.4 is 5.32 Å². The van der Waals surface area contributed by atoms with Crippen LogP contribution in [0.1, 0.15) is 12.0 Å². The summed E-state index contributed by atoms with van der Waals surface area (Å²) >= 11 is 0. The Balaban J connectivity index is 2.62. The fraction of sp³-hybridized carbons (Fsp3) is 0.300. The van der Waals surface area contributed by atoms with E-state index in [0.717, 1.165) is 6.07 Å². The largest absolute Gasteiger partial charge is 0.312 e. The van der Waals surface area contributed by atoms with Gasteiger partial charge in [-0.2, -0.15) is 5.26 Å². The van der Waals surface area contributed by atoms with Crippen molar-refractivity contribution >= 4 is 0 Å². The Bertz CT molecular complexity index is 385. The van der Waals surface area contributed by atoms with E-state index in [1.165, 1.54) is 0 Å². The van der Waals surface area contributed by atoms with Crippen LogP contribution in [-0.4, -0.2) is 6.54 Å². The van der Waals surface area contributed by atoms with Crippen molar-refractivity contribution in [2.45, 2.75) is 13.0 Å². The van der Waals surface area contributed by atoms with Crippen LogP contribution in [0.15, 0.2) is 12.1 Å². The van der Waals surface area contributed by atoms with Crippen molar-refractivity contribution in [2.75, 3.05) is 6.54 Å². The van der Waals surface area contributed by atoms with Gasteiger partial charge in [0.05, 0.1) is 6.07 Å². The summed E-state index contributed by atoms with van der Waals surface area (Å²) < 4.78 is 38.3. The average molecular weight is 214 g/mol. The Kier molecular flexibility index (Phi) is 4.13. The van der Waals surface area contributed by atoms with Crippen molar-refractivity contribution < 1.29 is 13.2 Å². The molecule has 0 amide bonds. The minimum absolute atomic E-state index is 0.0480. The second-order valence-corrected chi connectivity index (χ2v) is 2.94. The van der Waals surface area contributed by atoms with Crippen LogP contribution in [-0.2, 0) is 6.54 Å². The van der Waals surface area contributed by atoms with Gasteiger partial charge in [-0.15, -0.1) is 0 Å². The van der Waals surface area contributed by atoms with E-state index in [1.807, 2.05) is 6.07 Å². The minimum atomic E-state index is -1.20. The third-order valence-electron chi connectivity index (χ3n) is 1.82. The normalized spacial score (nSPS) is 10.0. The van der Waals surface area contributed by atoms with Gasteiger partial charge in [-0.3, -0.25) is 0 Å². The first-order chi connectivity index (χ1) is 7.15. The predicted molar refractivity (Wildman–Crippen MR) is 48.3 cm³/mol. The summed E-state index contributed by atoms with van der Waals surface area (Å²) in [6, 6.07) is 3.22. The Labute approximate surface area is 85.3 Å². The summed E-state index contributed by atoms with van der Waals surface area (Å²) in [5.74, 6) is -3.07. The van der Waals surface area contributed by atoms with Crippen LogP contribution in [0.2, 0.25) is 0 Å². The standard InChI is InChI=1S/C10H9F3N2/c11-8-5-10(13)9(12)4-7(8)6-15-3-1-2-14/h4-5,15H,1,3,6H2. The fourth-order valence-electron chi connectivity index (χ4n) is 1.07. The maximum atomic E-state index is 13.0. The highest BCUT2D eigenvalue weighted by Crippen LogP contribution is 2.13. The van der Waals surface area contributed by atoms with Gasteiger partial charge in [-0.25, -0.2) is 13.2 Å². The number of nitrogens with one attached hydrogen (secondary N) is 1. The van der Waals surface area contributed by atoms with Crippen molar-refractivity contribution in [1.29, 1.82) is 5.26 Å². The van der Waals surface area contributed by atoms with Gasteiger partial charge in [0.1, 0.15) is 5.82 Å². The lowest BCUT2D eigenvalue weighted by Gasteiger charge is -2.04. The van der Waals surface area contributed by atoms with E-state index < -0.39 is 17.5 Å². The van der Waals surface area contributed by atoms with Crippen molar-refractivity contribution in [3.05, 3.63) is 35.1 Å². The van der Waals surface area contributed by atoms with E-state index in [1.54, 1.807) is 0 Å². The zero-order valence-corrected chi connectivity index (χ0v) is 7.86. The predicted octanol–water partition coefficient (Wildman–Crippen LogP) is 2.11. The quantitative estimate of drug-likeness (QED) is 0.615. The molecule has 1 N–H and O–H groups in total. The summed E-state index contributed by atoms with van der Waals surface area (Å²) in [5, 5.41) is 11.0. The van der Waals surface area contributed by atoms with E-state index in [9.17, 15) is 13.2 Å². The number of nitrogens with zero attached hydrogens (tertiary/aromatic N) is 1. The van der Waals surface area contributed by atoms with Gasteiger partial charge in [0.2, 0.25) is 0 Å². The highest BCUT2D eigenvalue weighted by atomic mass is 19.2. The average Bonchev–Trinajstić information content (AvgIpc) is 2.20. The second-order valence-electron chi connectivity index (χ2n) is 2.94. The molecule has 0 aromatic heterocycles. The molecular weight excluding hydrogens is 205 g/mol. The van der Waals surface area contributed by atoms with Gasteiger partial charge in [-0.05, 0) is 6.07 Å². The molecular formula is C10H9F3N2. The Morgan fingerprint density at radius 2 is 1.80 bits per heavy atom. The number of halogens is 3. The molecule has 1 aromatic carbocycles. The zero-order valence-electron chi connectivity index (χ0n) is 7.86. The monoisotopic (exact) mass is 214 g/mol. The number of hydrogen-bond donors (Lipinski definition) is 1. The number of hydrogen-bond acceptors (Lipinski definition) is 2. The number of nitriles is 1. The minimum Gasteiger partial charge on any atom is -0.312 e. The van der Waals surface area contributed by atoms with Crippen LogP contribution in [0.25, 0.3) is 0 Å². The van der Waals surface area contributed by atoms with Gasteiger partial charge in [0.15, 0.2) is 11.6 Å². The lowest BCUT2D eigenvalue weighted by Crippen LogP contribution is -2.15. The summed E-state index contributed by atoms with van der Waals surface area (Å²) in [6.45, 7) is 0.458. The highest BCUT2D eigenvalue weighted by molar-refractivity contribution is 5.19.